The quantitative estimate of drug-likeness (QED) is 0.554. The topological polar surface area (TPSA) is 20.2 Å². The second-order valence-electron chi connectivity index (χ2n) is 10.5. The predicted octanol–water partition coefficient (Wildman–Crippen LogP) is 6.51. The van der Waals surface area contributed by atoms with Gasteiger partial charge in [0.15, 0.2) is 0 Å². The Labute approximate surface area is 165 Å². The monoisotopic (exact) mass is 364 g/mol. The Morgan fingerprint density at radius 3 is 2.67 bits per heavy atom. The van der Waals surface area contributed by atoms with Crippen LogP contribution in [0.3, 0.4) is 0 Å². The number of allylic oxidation sites excluding steroid dienone is 7. The smallest absolute Gasteiger partial charge is 0.0681 e. The van der Waals surface area contributed by atoms with Crippen LogP contribution in [0.25, 0.3) is 0 Å². The molecule has 0 aromatic heterocycles. The molecule has 1 nitrogen and oxygen atoms in total. The van der Waals surface area contributed by atoms with Gasteiger partial charge in [-0.05, 0) is 83.0 Å². The largest absolute Gasteiger partial charge is 0.390 e. The molecule has 0 radical (unpaired) electrons. The van der Waals surface area contributed by atoms with Crippen molar-refractivity contribution in [1.82, 2.24) is 0 Å². The Morgan fingerprint density at radius 1 is 1.15 bits per heavy atom. The second kappa shape index (κ2) is 5.96. The van der Waals surface area contributed by atoms with E-state index < -0.39 is 5.60 Å². The number of hydrogen-bond acceptors (Lipinski definition) is 1. The van der Waals surface area contributed by atoms with E-state index in [2.05, 4.69) is 44.7 Å². The van der Waals surface area contributed by atoms with Crippen LogP contribution < -0.4 is 0 Å². The molecule has 0 aromatic rings. The third-order valence-corrected chi connectivity index (χ3v) is 9.51. The first kappa shape index (κ1) is 18.0. The van der Waals surface area contributed by atoms with Crippen molar-refractivity contribution in [3.8, 4) is 0 Å². The highest BCUT2D eigenvalue weighted by Crippen LogP contribution is 2.72. The first-order valence-corrected chi connectivity index (χ1v) is 11.4. The molecule has 3 saturated carbocycles. The molecule has 3 fully saturated rings. The van der Waals surface area contributed by atoms with Gasteiger partial charge in [-0.15, -0.1) is 0 Å². The van der Waals surface area contributed by atoms with E-state index in [1.54, 1.807) is 5.57 Å². The summed E-state index contributed by atoms with van der Waals surface area (Å²) in [6, 6.07) is 0. The first-order chi connectivity index (χ1) is 12.9. The van der Waals surface area contributed by atoms with Gasteiger partial charge in [-0.1, -0.05) is 60.4 Å². The van der Waals surface area contributed by atoms with Gasteiger partial charge in [-0.3, -0.25) is 0 Å². The fourth-order valence-electron chi connectivity index (χ4n) is 8.07. The zero-order valence-corrected chi connectivity index (χ0v) is 17.3. The highest BCUT2D eigenvalue weighted by molar-refractivity contribution is 5.45. The molecule has 0 amide bonds. The van der Waals surface area contributed by atoms with Crippen molar-refractivity contribution in [3.63, 3.8) is 0 Å². The summed E-state index contributed by atoms with van der Waals surface area (Å²) in [5, 5.41) is 11.5. The maximum Gasteiger partial charge on any atom is 0.0681 e. The van der Waals surface area contributed by atoms with Crippen molar-refractivity contribution < 1.29 is 5.11 Å². The lowest BCUT2D eigenvalue weighted by atomic mass is 9.44. The van der Waals surface area contributed by atoms with E-state index in [1.807, 2.05) is 0 Å². The van der Waals surface area contributed by atoms with Crippen LogP contribution in [0.1, 0.15) is 78.1 Å². The van der Waals surface area contributed by atoms with Gasteiger partial charge in [-0.2, -0.15) is 0 Å². The lowest BCUT2D eigenvalue weighted by molar-refractivity contribution is -0.0452. The molecule has 146 valence electrons. The fourth-order valence-corrected chi connectivity index (χ4v) is 8.07. The van der Waals surface area contributed by atoms with Crippen molar-refractivity contribution in [2.75, 3.05) is 0 Å². The van der Waals surface area contributed by atoms with Gasteiger partial charge in [0.2, 0.25) is 0 Å². The van der Waals surface area contributed by atoms with Crippen LogP contribution in [-0.4, -0.2) is 10.7 Å². The predicted molar refractivity (Wildman–Crippen MR) is 112 cm³/mol. The van der Waals surface area contributed by atoms with Crippen molar-refractivity contribution in [2.24, 2.45) is 28.6 Å². The molecule has 1 heteroatoms. The lowest BCUT2D eigenvalue weighted by Gasteiger charge is -2.59. The number of hydrogen-bond donors (Lipinski definition) is 1. The van der Waals surface area contributed by atoms with Crippen LogP contribution in [-0.2, 0) is 0 Å². The molecule has 0 bridgehead atoms. The van der Waals surface area contributed by atoms with E-state index in [4.69, 9.17) is 0 Å². The third-order valence-electron chi connectivity index (χ3n) is 9.51. The van der Waals surface area contributed by atoms with E-state index in [1.165, 1.54) is 62.5 Å². The highest BCUT2D eigenvalue weighted by Gasteiger charge is 2.64. The van der Waals surface area contributed by atoms with Crippen LogP contribution in [0.5, 0.6) is 0 Å². The molecule has 27 heavy (non-hydrogen) atoms. The molecule has 5 unspecified atom stereocenters. The average Bonchev–Trinajstić information content (AvgIpc) is 3.26. The van der Waals surface area contributed by atoms with E-state index in [-0.39, 0.29) is 5.41 Å². The van der Waals surface area contributed by atoms with E-state index in [0.717, 1.165) is 12.8 Å². The van der Waals surface area contributed by atoms with E-state index >= 15 is 0 Å². The van der Waals surface area contributed by atoms with Gasteiger partial charge in [0, 0.05) is 10.8 Å². The summed E-state index contributed by atoms with van der Waals surface area (Å²) in [6.07, 6.45) is 22.0. The van der Waals surface area contributed by atoms with E-state index in [0.29, 0.717) is 23.2 Å². The Morgan fingerprint density at radius 2 is 1.93 bits per heavy atom. The summed E-state index contributed by atoms with van der Waals surface area (Å²) in [5.41, 5.74) is 4.76. The molecular formula is C26H36O. The number of aliphatic hydroxyl groups is 1. The molecule has 0 aromatic carbocycles. The lowest BCUT2D eigenvalue weighted by Crippen LogP contribution is -2.52. The molecule has 0 aliphatic heterocycles. The minimum atomic E-state index is -0.407. The van der Waals surface area contributed by atoms with Gasteiger partial charge in [0.05, 0.1) is 5.60 Å². The Kier molecular flexibility index (Phi) is 3.97. The van der Waals surface area contributed by atoms with Gasteiger partial charge in [0.1, 0.15) is 0 Å². The van der Waals surface area contributed by atoms with Gasteiger partial charge >= 0.3 is 0 Å². The first-order valence-electron chi connectivity index (χ1n) is 11.4. The second-order valence-corrected chi connectivity index (χ2v) is 10.5. The third kappa shape index (κ3) is 2.27. The number of rotatable bonds is 2. The highest BCUT2D eigenvalue weighted by atomic mass is 16.3. The van der Waals surface area contributed by atoms with Gasteiger partial charge in [0.25, 0.3) is 0 Å². The molecule has 5 aliphatic rings. The summed E-state index contributed by atoms with van der Waals surface area (Å²) in [4.78, 5) is 0. The molecule has 0 heterocycles. The van der Waals surface area contributed by atoms with Crippen molar-refractivity contribution in [3.05, 3.63) is 47.6 Å². The Hall–Kier alpha value is -1.08. The summed E-state index contributed by atoms with van der Waals surface area (Å²) >= 11 is 0. The van der Waals surface area contributed by atoms with Crippen molar-refractivity contribution in [1.29, 1.82) is 0 Å². The van der Waals surface area contributed by atoms with Gasteiger partial charge in [-0.25, -0.2) is 0 Å². The van der Waals surface area contributed by atoms with Gasteiger partial charge < -0.3 is 5.11 Å². The van der Waals surface area contributed by atoms with E-state index in [9.17, 15) is 5.11 Å². The molecule has 0 saturated heterocycles. The van der Waals surface area contributed by atoms with Crippen molar-refractivity contribution >= 4 is 0 Å². The van der Waals surface area contributed by atoms with Crippen LogP contribution in [0.15, 0.2) is 47.6 Å². The molecule has 2 spiro atoms. The maximum absolute atomic E-state index is 11.5. The van der Waals surface area contributed by atoms with Crippen LogP contribution in [0, 0.1) is 28.6 Å². The average molecular weight is 365 g/mol. The minimum Gasteiger partial charge on any atom is -0.390 e. The molecule has 1 N–H and O–H groups in total. The molecule has 5 rings (SSSR count). The van der Waals surface area contributed by atoms with Crippen LogP contribution >= 0.6 is 0 Å². The summed E-state index contributed by atoms with van der Waals surface area (Å²) in [5.74, 6) is 1.64. The summed E-state index contributed by atoms with van der Waals surface area (Å²) < 4.78 is 0. The SMILES string of the molecule is C=C(C)C1CCC23CC=CC4C(C5(O)CCCC5)CCC42C=CC(C)=C3C1. The zero-order chi connectivity index (χ0) is 18.9. The fraction of sp³-hybridized carbons (Fsp3) is 0.692. The Balaban J connectivity index is 1.58. The maximum atomic E-state index is 11.5. The molecular weight excluding hydrogens is 328 g/mol. The molecule has 5 aliphatic carbocycles. The molecule has 5 atom stereocenters. The summed E-state index contributed by atoms with van der Waals surface area (Å²) in [6.45, 7) is 8.85. The van der Waals surface area contributed by atoms with Crippen LogP contribution in [0.4, 0.5) is 0 Å². The van der Waals surface area contributed by atoms with Crippen molar-refractivity contribution in [2.45, 2.75) is 83.7 Å². The van der Waals surface area contributed by atoms with Crippen LogP contribution in [0.2, 0.25) is 0 Å². The zero-order valence-electron chi connectivity index (χ0n) is 17.3. The Bertz CT molecular complexity index is 746. The minimum absolute atomic E-state index is 0.250. The summed E-state index contributed by atoms with van der Waals surface area (Å²) in [7, 11) is 0. The standard InChI is InChI=1S/C26H36O/c1-18(2)20-9-15-24-11-6-7-21-22(26(27)12-4-5-13-26)10-16-25(21,24)14-8-19(3)23(24)17-20/h6-8,14,20-22,27H,1,4-5,9-13,15-17H2,2-3H3. The normalized spacial score (nSPS) is 44.8.